The average Bonchev–Trinajstić information content (AvgIpc) is 3.08. The molecule has 2 N–H and O–H groups in total. The standard InChI is InChI=1S/C19H15N3O2.C17H11N3O2.Li.H2O/c1-2-24-19(23)15-7-8-21-17(11-15)10-13-3-6-18-14(9-13)4-5-16(12-20)22-18;18-10-14-3-2-12-7-11(1-4-16(12)20-14)8-15-9-13(17(21)22)5-6-19-15;;/h3-9,11H,2,10H2,1H3;1-7,9H,8H2,(H,21,22);;1H2/q;;+1;/p-1. The van der Waals surface area contributed by atoms with Crippen LogP contribution in [0.3, 0.4) is 0 Å². The van der Waals surface area contributed by atoms with Crippen LogP contribution in [-0.4, -0.2) is 49.1 Å². The predicted octanol–water partition coefficient (Wildman–Crippen LogP) is 2.89. The molecule has 11 nitrogen and oxygen atoms in total. The summed E-state index contributed by atoms with van der Waals surface area (Å²) in [6.45, 7) is 2.12. The summed E-state index contributed by atoms with van der Waals surface area (Å²) in [6.07, 6.45) is 4.25. The van der Waals surface area contributed by atoms with Gasteiger partial charge in [0, 0.05) is 47.4 Å². The van der Waals surface area contributed by atoms with E-state index in [2.05, 4.69) is 19.9 Å². The zero-order valence-corrected chi connectivity index (χ0v) is 26.2. The van der Waals surface area contributed by atoms with Crippen molar-refractivity contribution < 1.29 is 43.8 Å². The summed E-state index contributed by atoms with van der Waals surface area (Å²) in [7, 11) is 0. The van der Waals surface area contributed by atoms with Crippen molar-refractivity contribution in [3.8, 4) is 12.1 Å². The molecule has 0 aliphatic carbocycles. The van der Waals surface area contributed by atoms with Gasteiger partial charge in [0.05, 0.1) is 28.8 Å². The Labute approximate surface area is 288 Å². The van der Waals surface area contributed by atoms with Gasteiger partial charge in [0.15, 0.2) is 0 Å². The molecule has 0 bridgehead atoms. The minimum Gasteiger partial charge on any atom is -0.870 e. The van der Waals surface area contributed by atoms with Gasteiger partial charge in [-0.05, 0) is 90.8 Å². The Kier molecular flexibility index (Phi) is 13.0. The van der Waals surface area contributed by atoms with Crippen LogP contribution in [0.5, 0.6) is 0 Å². The van der Waals surface area contributed by atoms with Crippen LogP contribution in [0.15, 0.2) is 97.3 Å². The number of aromatic carboxylic acids is 1. The van der Waals surface area contributed by atoms with Crippen molar-refractivity contribution >= 4 is 33.7 Å². The number of pyridine rings is 4. The maximum Gasteiger partial charge on any atom is 1.00 e. The third-order valence-corrected chi connectivity index (χ3v) is 6.90. The average molecular weight is 631 g/mol. The summed E-state index contributed by atoms with van der Waals surface area (Å²) < 4.78 is 5.01. The molecule has 0 amide bonds. The van der Waals surface area contributed by atoms with Crippen LogP contribution in [0.25, 0.3) is 21.8 Å². The van der Waals surface area contributed by atoms with Crippen LogP contribution in [-0.2, 0) is 17.6 Å². The zero-order chi connectivity index (χ0) is 32.5. The normalized spacial score (nSPS) is 9.90. The number of carboxylic acid groups (broad SMARTS) is 1. The number of esters is 1. The molecule has 48 heavy (non-hydrogen) atoms. The molecule has 0 saturated carbocycles. The van der Waals surface area contributed by atoms with Gasteiger partial charge in [-0.2, -0.15) is 10.5 Å². The van der Waals surface area contributed by atoms with Crippen LogP contribution < -0.4 is 18.9 Å². The van der Waals surface area contributed by atoms with E-state index in [0.29, 0.717) is 42.1 Å². The first-order valence-corrected chi connectivity index (χ1v) is 14.2. The minimum absolute atomic E-state index is 0. The summed E-state index contributed by atoms with van der Waals surface area (Å²) in [6, 6.07) is 29.2. The number of nitrogens with zero attached hydrogens (tertiary/aromatic N) is 6. The summed E-state index contributed by atoms with van der Waals surface area (Å²) in [5.74, 6) is -1.30. The molecule has 2 aromatic carbocycles. The Bertz CT molecular complexity index is 2180. The predicted molar refractivity (Wildman–Crippen MR) is 172 cm³/mol. The number of rotatable bonds is 7. The number of aromatic nitrogens is 4. The number of carbonyl (C=O) groups is 2. The van der Waals surface area contributed by atoms with E-state index >= 15 is 0 Å². The molecule has 0 fully saturated rings. The Hall–Kier alpha value is -5.96. The third-order valence-electron chi connectivity index (χ3n) is 6.90. The Balaban J connectivity index is 0.000000251. The minimum atomic E-state index is -0.963. The summed E-state index contributed by atoms with van der Waals surface area (Å²) in [5, 5.41) is 28.7. The van der Waals surface area contributed by atoms with E-state index in [9.17, 15) is 9.59 Å². The number of carboxylic acids is 1. The molecule has 4 heterocycles. The van der Waals surface area contributed by atoms with Gasteiger partial charge in [0.25, 0.3) is 0 Å². The molecule has 0 aliphatic heterocycles. The van der Waals surface area contributed by atoms with Gasteiger partial charge in [-0.3, -0.25) is 9.97 Å². The van der Waals surface area contributed by atoms with E-state index in [1.807, 2.05) is 60.7 Å². The molecule has 4 aromatic heterocycles. The number of hydrogen-bond donors (Lipinski definition) is 1. The number of ether oxygens (including phenoxy) is 1. The van der Waals surface area contributed by atoms with Gasteiger partial charge in [-0.1, -0.05) is 12.1 Å². The van der Waals surface area contributed by atoms with E-state index in [4.69, 9.17) is 20.4 Å². The van der Waals surface area contributed by atoms with E-state index in [1.54, 1.807) is 43.5 Å². The van der Waals surface area contributed by atoms with E-state index in [0.717, 1.165) is 38.6 Å². The van der Waals surface area contributed by atoms with Gasteiger partial charge in [0.2, 0.25) is 0 Å². The van der Waals surface area contributed by atoms with Crippen LogP contribution in [0.4, 0.5) is 0 Å². The van der Waals surface area contributed by atoms with E-state index < -0.39 is 5.97 Å². The van der Waals surface area contributed by atoms with Crippen molar-refractivity contribution in [3.05, 3.63) is 142 Å². The number of carbonyl (C=O) groups excluding carboxylic acids is 1. The molecule has 0 saturated heterocycles. The van der Waals surface area contributed by atoms with Crippen LogP contribution >= 0.6 is 0 Å². The Morgan fingerprint density at radius 3 is 1.65 bits per heavy atom. The van der Waals surface area contributed by atoms with Gasteiger partial charge in [0.1, 0.15) is 23.5 Å². The molecular formula is C36H27LiN6O5. The summed E-state index contributed by atoms with van der Waals surface area (Å²) >= 11 is 0. The van der Waals surface area contributed by atoms with Crippen molar-refractivity contribution in [2.45, 2.75) is 19.8 Å². The maximum absolute atomic E-state index is 11.8. The van der Waals surface area contributed by atoms with E-state index in [-0.39, 0.29) is 35.9 Å². The van der Waals surface area contributed by atoms with Gasteiger partial charge in [-0.25, -0.2) is 19.6 Å². The Morgan fingerprint density at radius 1 is 0.708 bits per heavy atom. The monoisotopic (exact) mass is 630 g/mol. The largest absolute Gasteiger partial charge is 1.00 e. The van der Waals surface area contributed by atoms with Crippen molar-refractivity contribution in [1.29, 1.82) is 10.5 Å². The van der Waals surface area contributed by atoms with Gasteiger partial charge in [-0.15, -0.1) is 0 Å². The zero-order valence-electron chi connectivity index (χ0n) is 26.2. The molecular weight excluding hydrogens is 603 g/mol. The van der Waals surface area contributed by atoms with Crippen molar-refractivity contribution in [1.82, 2.24) is 19.9 Å². The molecule has 0 radical (unpaired) electrons. The quantitative estimate of drug-likeness (QED) is 0.201. The first kappa shape index (κ1) is 36.5. The fourth-order valence-corrected chi connectivity index (χ4v) is 4.74. The van der Waals surface area contributed by atoms with Crippen molar-refractivity contribution in [3.63, 3.8) is 0 Å². The van der Waals surface area contributed by atoms with Gasteiger partial charge >= 0.3 is 30.8 Å². The Morgan fingerprint density at radius 2 is 1.19 bits per heavy atom. The third kappa shape index (κ3) is 9.29. The molecule has 0 unspecified atom stereocenters. The smallest absolute Gasteiger partial charge is 0.870 e. The molecule has 6 rings (SSSR count). The molecule has 0 spiro atoms. The topological polar surface area (TPSA) is 193 Å². The molecule has 0 atom stereocenters. The number of nitriles is 2. The second kappa shape index (κ2) is 17.1. The first-order chi connectivity index (χ1) is 22.3. The summed E-state index contributed by atoms with van der Waals surface area (Å²) in [4.78, 5) is 39.8. The van der Waals surface area contributed by atoms with Crippen molar-refractivity contribution in [2.24, 2.45) is 0 Å². The van der Waals surface area contributed by atoms with Crippen LogP contribution in [0, 0.1) is 22.7 Å². The number of benzene rings is 2. The fraction of sp³-hybridized carbons (Fsp3) is 0.111. The summed E-state index contributed by atoms with van der Waals surface area (Å²) in [5.41, 5.74) is 6.62. The fourth-order valence-electron chi connectivity index (χ4n) is 4.74. The second-order valence-corrected chi connectivity index (χ2v) is 10.1. The molecule has 232 valence electrons. The van der Waals surface area contributed by atoms with E-state index in [1.165, 1.54) is 12.3 Å². The first-order valence-electron chi connectivity index (χ1n) is 14.2. The molecule has 12 heteroatoms. The van der Waals surface area contributed by atoms with Gasteiger partial charge < -0.3 is 15.3 Å². The second-order valence-electron chi connectivity index (χ2n) is 10.1. The van der Waals surface area contributed by atoms with Crippen LogP contribution in [0.1, 0.15) is 61.5 Å². The van der Waals surface area contributed by atoms with Crippen molar-refractivity contribution in [2.75, 3.05) is 6.61 Å². The number of fused-ring (bicyclic) bond motifs is 2. The molecule has 0 aliphatic rings. The maximum atomic E-state index is 11.8. The molecule has 6 aromatic rings. The SMILES string of the molecule is CCOC(=O)c1ccnc(Cc2ccc3nc(C#N)ccc3c2)c1.N#Cc1ccc2cc(Cc3cc(C(=O)O)ccn3)ccc2n1.[Li+].[OH-]. The van der Waals surface area contributed by atoms with Crippen LogP contribution in [0.2, 0.25) is 0 Å². The number of hydrogen-bond acceptors (Lipinski definition) is 10.